The Hall–Kier alpha value is -1.84. The second kappa shape index (κ2) is 28.7. The van der Waals surface area contributed by atoms with Crippen LogP contribution in [0.3, 0.4) is 0 Å². The standard InChI is InChI=1S/C33H58O4/c1-3-5-7-8-9-10-11-12-13-14-15-16-17-18-19-20-21-22-26-30-33(36)37-31(27-6-4-2)28-24-23-25-29-32(34)35/h9-10,12-13,15-16,31H,3-8,11,14,17-30H2,1-2H3,(H,34,35)/b10-9-,13-12-,16-15-. The molecule has 214 valence electrons. The van der Waals surface area contributed by atoms with Gasteiger partial charge < -0.3 is 9.84 Å². The van der Waals surface area contributed by atoms with Gasteiger partial charge in [0.15, 0.2) is 0 Å². The van der Waals surface area contributed by atoms with Gasteiger partial charge in [0, 0.05) is 12.8 Å². The van der Waals surface area contributed by atoms with E-state index in [-0.39, 0.29) is 18.5 Å². The van der Waals surface area contributed by atoms with Crippen LogP contribution >= 0.6 is 0 Å². The van der Waals surface area contributed by atoms with Gasteiger partial charge in [-0.2, -0.15) is 0 Å². The van der Waals surface area contributed by atoms with Crippen LogP contribution in [0.2, 0.25) is 0 Å². The molecule has 0 aromatic rings. The van der Waals surface area contributed by atoms with Crippen molar-refractivity contribution in [2.24, 2.45) is 0 Å². The summed E-state index contributed by atoms with van der Waals surface area (Å²) in [6.07, 6.45) is 36.2. The molecule has 4 heteroatoms. The van der Waals surface area contributed by atoms with Crippen molar-refractivity contribution in [3.63, 3.8) is 0 Å². The molecule has 37 heavy (non-hydrogen) atoms. The highest BCUT2D eigenvalue weighted by Crippen LogP contribution is 2.16. The van der Waals surface area contributed by atoms with Gasteiger partial charge in [0.1, 0.15) is 6.10 Å². The molecule has 0 heterocycles. The van der Waals surface area contributed by atoms with Crippen LogP contribution in [0, 0.1) is 0 Å². The van der Waals surface area contributed by atoms with Crippen molar-refractivity contribution in [3.8, 4) is 0 Å². The lowest BCUT2D eigenvalue weighted by molar-refractivity contribution is -0.150. The van der Waals surface area contributed by atoms with E-state index in [1.54, 1.807) is 0 Å². The zero-order chi connectivity index (χ0) is 27.2. The summed E-state index contributed by atoms with van der Waals surface area (Å²) in [6.45, 7) is 4.39. The normalized spacial score (nSPS) is 12.7. The van der Waals surface area contributed by atoms with Crippen LogP contribution in [-0.4, -0.2) is 23.1 Å². The minimum atomic E-state index is -0.735. The van der Waals surface area contributed by atoms with Crippen LogP contribution in [-0.2, 0) is 14.3 Å². The molecule has 0 saturated heterocycles. The van der Waals surface area contributed by atoms with E-state index >= 15 is 0 Å². The maximum absolute atomic E-state index is 12.3. The Bertz CT molecular complexity index is 605. The lowest BCUT2D eigenvalue weighted by Gasteiger charge is -2.17. The minimum Gasteiger partial charge on any atom is -0.481 e. The molecule has 0 rings (SSSR count). The van der Waals surface area contributed by atoms with E-state index in [2.05, 4.69) is 50.3 Å². The van der Waals surface area contributed by atoms with Gasteiger partial charge in [0.25, 0.3) is 0 Å². The van der Waals surface area contributed by atoms with Crippen LogP contribution in [0.15, 0.2) is 36.5 Å². The third-order valence-corrected chi connectivity index (χ3v) is 6.61. The summed E-state index contributed by atoms with van der Waals surface area (Å²) in [5.41, 5.74) is 0. The first-order valence-corrected chi connectivity index (χ1v) is 15.5. The van der Waals surface area contributed by atoms with E-state index in [1.807, 2.05) is 0 Å². The van der Waals surface area contributed by atoms with Gasteiger partial charge in [-0.25, -0.2) is 0 Å². The third-order valence-electron chi connectivity index (χ3n) is 6.61. The number of rotatable bonds is 27. The van der Waals surface area contributed by atoms with E-state index in [1.165, 1.54) is 51.4 Å². The Labute approximate surface area is 229 Å². The van der Waals surface area contributed by atoms with E-state index in [4.69, 9.17) is 9.84 Å². The summed E-state index contributed by atoms with van der Waals surface area (Å²) in [5.74, 6) is -0.796. The first-order chi connectivity index (χ1) is 18.1. The highest BCUT2D eigenvalue weighted by molar-refractivity contribution is 5.69. The highest BCUT2D eigenvalue weighted by atomic mass is 16.5. The monoisotopic (exact) mass is 518 g/mol. The molecule has 0 aliphatic heterocycles. The van der Waals surface area contributed by atoms with Crippen molar-refractivity contribution in [1.29, 1.82) is 0 Å². The summed E-state index contributed by atoms with van der Waals surface area (Å²) < 4.78 is 5.75. The molecule has 0 spiro atoms. The Morgan fingerprint density at radius 3 is 1.70 bits per heavy atom. The van der Waals surface area contributed by atoms with Gasteiger partial charge in [0.2, 0.25) is 0 Å². The fourth-order valence-corrected chi connectivity index (χ4v) is 4.29. The second-order valence-electron chi connectivity index (χ2n) is 10.3. The molecule has 1 atom stereocenters. The number of unbranched alkanes of at least 4 members (excludes halogenated alkanes) is 12. The van der Waals surface area contributed by atoms with Gasteiger partial charge >= 0.3 is 11.9 Å². The molecule has 0 amide bonds. The van der Waals surface area contributed by atoms with Crippen molar-refractivity contribution in [3.05, 3.63) is 36.5 Å². The average molecular weight is 519 g/mol. The van der Waals surface area contributed by atoms with E-state index < -0.39 is 5.97 Å². The Kier molecular flexibility index (Phi) is 27.3. The fourth-order valence-electron chi connectivity index (χ4n) is 4.29. The first kappa shape index (κ1) is 35.2. The third kappa shape index (κ3) is 28.6. The molecule has 0 fully saturated rings. The molecule has 0 aromatic heterocycles. The van der Waals surface area contributed by atoms with Crippen molar-refractivity contribution in [2.45, 2.75) is 161 Å². The van der Waals surface area contributed by atoms with Gasteiger partial charge in [-0.05, 0) is 70.6 Å². The molecule has 4 nitrogen and oxygen atoms in total. The summed E-state index contributed by atoms with van der Waals surface area (Å²) in [4.78, 5) is 22.9. The molecular formula is C33H58O4. The van der Waals surface area contributed by atoms with E-state index in [9.17, 15) is 9.59 Å². The average Bonchev–Trinajstić information content (AvgIpc) is 2.88. The molecule has 0 radical (unpaired) electrons. The number of carbonyl (C=O) groups is 2. The number of esters is 1. The molecule has 0 aliphatic carbocycles. The fraction of sp³-hybridized carbons (Fsp3) is 0.758. The van der Waals surface area contributed by atoms with Crippen LogP contribution in [0.4, 0.5) is 0 Å². The smallest absolute Gasteiger partial charge is 0.306 e. The quantitative estimate of drug-likeness (QED) is 0.0667. The van der Waals surface area contributed by atoms with Gasteiger partial charge in [-0.1, -0.05) is 108 Å². The number of hydrogen-bond acceptors (Lipinski definition) is 3. The molecular weight excluding hydrogens is 460 g/mol. The first-order valence-electron chi connectivity index (χ1n) is 15.5. The van der Waals surface area contributed by atoms with Crippen LogP contribution in [0.5, 0.6) is 0 Å². The molecule has 0 saturated carbocycles. The zero-order valence-corrected chi connectivity index (χ0v) is 24.3. The topological polar surface area (TPSA) is 63.6 Å². The summed E-state index contributed by atoms with van der Waals surface area (Å²) in [7, 11) is 0. The predicted molar refractivity (Wildman–Crippen MR) is 158 cm³/mol. The number of hydrogen-bond donors (Lipinski definition) is 1. The van der Waals surface area contributed by atoms with Crippen molar-refractivity contribution < 1.29 is 19.4 Å². The molecule has 0 aromatic carbocycles. The molecule has 1 unspecified atom stereocenters. The lowest BCUT2D eigenvalue weighted by Crippen LogP contribution is -2.18. The van der Waals surface area contributed by atoms with Gasteiger partial charge in [0.05, 0.1) is 0 Å². The maximum Gasteiger partial charge on any atom is 0.306 e. The van der Waals surface area contributed by atoms with Crippen LogP contribution < -0.4 is 0 Å². The van der Waals surface area contributed by atoms with Crippen molar-refractivity contribution in [1.82, 2.24) is 0 Å². The Morgan fingerprint density at radius 1 is 0.595 bits per heavy atom. The number of carboxylic acids is 1. The Morgan fingerprint density at radius 2 is 1.08 bits per heavy atom. The van der Waals surface area contributed by atoms with Gasteiger partial charge in [-0.15, -0.1) is 0 Å². The summed E-state index contributed by atoms with van der Waals surface area (Å²) >= 11 is 0. The molecule has 0 bridgehead atoms. The number of aliphatic carboxylic acids is 1. The largest absolute Gasteiger partial charge is 0.481 e. The van der Waals surface area contributed by atoms with E-state index in [0.29, 0.717) is 12.8 Å². The van der Waals surface area contributed by atoms with Gasteiger partial charge in [-0.3, -0.25) is 9.59 Å². The van der Waals surface area contributed by atoms with E-state index in [0.717, 1.165) is 70.6 Å². The van der Waals surface area contributed by atoms with Crippen molar-refractivity contribution in [2.75, 3.05) is 0 Å². The predicted octanol–water partition coefficient (Wildman–Crippen LogP) is 10.3. The molecule has 0 aliphatic rings. The SMILES string of the molecule is CCCCC/C=C\C/C=C\C/C=C\CCCCCCCCC(=O)OC(CCCC)CCCCCC(=O)O. The van der Waals surface area contributed by atoms with Crippen molar-refractivity contribution >= 4 is 11.9 Å². The molecule has 1 N–H and O–H groups in total. The maximum atomic E-state index is 12.3. The van der Waals surface area contributed by atoms with Crippen LogP contribution in [0.1, 0.15) is 155 Å². The zero-order valence-electron chi connectivity index (χ0n) is 24.3. The number of carbonyl (C=O) groups excluding carboxylic acids is 1. The second-order valence-corrected chi connectivity index (χ2v) is 10.3. The van der Waals surface area contributed by atoms with Crippen LogP contribution in [0.25, 0.3) is 0 Å². The number of ether oxygens (including phenoxy) is 1. The number of carboxylic acid groups (broad SMARTS) is 1. The highest BCUT2D eigenvalue weighted by Gasteiger charge is 2.14. The summed E-state index contributed by atoms with van der Waals surface area (Å²) in [6, 6.07) is 0. The summed E-state index contributed by atoms with van der Waals surface area (Å²) in [5, 5.41) is 8.73. The lowest BCUT2D eigenvalue weighted by atomic mass is 10.0. The minimum absolute atomic E-state index is 0.00187. The number of allylic oxidation sites excluding steroid dienone is 6. The Balaban J connectivity index is 3.66.